The smallest absolute Gasteiger partial charge is 0.338 e. The third-order valence-electron chi connectivity index (χ3n) is 3.25. The first kappa shape index (κ1) is 13.6. The Bertz CT molecular complexity index is 534. The van der Waals surface area contributed by atoms with Crippen molar-refractivity contribution in [1.29, 1.82) is 0 Å². The molecule has 0 fully saturated rings. The van der Waals surface area contributed by atoms with Crippen molar-refractivity contribution >= 4 is 5.97 Å². The lowest BCUT2D eigenvalue weighted by Crippen LogP contribution is -1.99. The Morgan fingerprint density at radius 2 is 1.89 bits per heavy atom. The van der Waals surface area contributed by atoms with E-state index in [2.05, 4.69) is 0 Å². The van der Waals surface area contributed by atoms with Crippen LogP contribution in [0.3, 0.4) is 0 Å². The van der Waals surface area contributed by atoms with Gasteiger partial charge in [0.1, 0.15) is 0 Å². The Balaban J connectivity index is 2.39. The van der Waals surface area contributed by atoms with Gasteiger partial charge in [-0.1, -0.05) is 30.3 Å². The third kappa shape index (κ3) is 2.93. The van der Waals surface area contributed by atoms with Crippen LogP contribution in [-0.2, 0) is 11.2 Å². The van der Waals surface area contributed by atoms with Gasteiger partial charge in [0.25, 0.3) is 0 Å². The predicted octanol–water partition coefficient (Wildman–Crippen LogP) is 2.89. The predicted molar refractivity (Wildman–Crippen MR) is 74.4 cm³/mol. The zero-order valence-corrected chi connectivity index (χ0v) is 11.1. The van der Waals surface area contributed by atoms with Gasteiger partial charge in [0.15, 0.2) is 0 Å². The molecule has 0 aromatic heterocycles. The van der Waals surface area contributed by atoms with E-state index in [1.54, 1.807) is 0 Å². The average molecular weight is 258 g/mol. The lowest BCUT2D eigenvalue weighted by Gasteiger charge is -2.01. The molecule has 3 heteroatoms. The van der Waals surface area contributed by atoms with E-state index < -0.39 is 0 Å². The van der Waals surface area contributed by atoms with Crippen LogP contribution < -0.4 is 0 Å². The first-order chi connectivity index (χ1) is 9.27. The van der Waals surface area contributed by atoms with Gasteiger partial charge in [0, 0.05) is 6.61 Å². The number of hydrogen-bond donors (Lipinski definition) is 1. The van der Waals surface area contributed by atoms with E-state index in [0.717, 1.165) is 36.0 Å². The quantitative estimate of drug-likeness (QED) is 0.662. The first-order valence-corrected chi connectivity index (χ1v) is 6.47. The Kier molecular flexibility index (Phi) is 4.53. The average Bonchev–Trinajstić information content (AvgIpc) is 2.62. The summed E-state index contributed by atoms with van der Waals surface area (Å²) >= 11 is 0. The molecule has 0 aliphatic heterocycles. The number of carbonyl (C=O) groups is 1. The molecule has 2 rings (SSSR count). The minimum Gasteiger partial charge on any atom is -0.465 e. The summed E-state index contributed by atoms with van der Waals surface area (Å²) in [5.41, 5.74) is 3.77. The van der Waals surface area contributed by atoms with Gasteiger partial charge < -0.3 is 9.84 Å². The van der Waals surface area contributed by atoms with Gasteiger partial charge in [-0.25, -0.2) is 4.79 Å². The van der Waals surface area contributed by atoms with Crippen LogP contribution >= 0.6 is 0 Å². The Morgan fingerprint density at radius 3 is 2.58 bits per heavy atom. The normalized spacial score (nSPS) is 10.6. The molecule has 0 aromatic rings. The fraction of sp³-hybridized carbons (Fsp3) is 0.312. The molecule has 0 aromatic carbocycles. The molecular weight excluding hydrogens is 240 g/mol. The maximum Gasteiger partial charge on any atom is 0.338 e. The molecule has 2 aliphatic carbocycles. The van der Waals surface area contributed by atoms with Crippen LogP contribution in [0.15, 0.2) is 36.4 Å². The van der Waals surface area contributed by atoms with Crippen molar-refractivity contribution in [3.63, 3.8) is 0 Å². The second kappa shape index (κ2) is 6.34. The number of unbranched alkanes of at least 4 members (excludes halogenated alkanes) is 1. The lowest BCUT2D eigenvalue weighted by atomic mass is 10.0. The summed E-state index contributed by atoms with van der Waals surface area (Å²) in [4.78, 5) is 11.8. The first-order valence-electron chi connectivity index (χ1n) is 6.47. The van der Waals surface area contributed by atoms with Crippen molar-refractivity contribution in [2.75, 3.05) is 13.7 Å². The van der Waals surface area contributed by atoms with Crippen LogP contribution in [0, 0.1) is 0 Å². The molecule has 19 heavy (non-hydrogen) atoms. The number of aliphatic hydroxyl groups excluding tert-OH is 1. The second-order valence-electron chi connectivity index (χ2n) is 4.49. The molecular formula is C16H18O3. The molecule has 0 saturated carbocycles. The Labute approximate surface area is 113 Å². The number of methoxy groups -OCH3 is 1. The van der Waals surface area contributed by atoms with Crippen LogP contribution in [0.25, 0.3) is 11.1 Å². The number of fused-ring (bicyclic) bond motifs is 1. The van der Waals surface area contributed by atoms with Crippen molar-refractivity contribution in [3.05, 3.63) is 47.5 Å². The number of aliphatic hydroxyl groups is 1. The van der Waals surface area contributed by atoms with E-state index in [1.165, 1.54) is 7.11 Å². The maximum absolute atomic E-state index is 11.8. The highest BCUT2D eigenvalue weighted by atomic mass is 16.5. The number of rotatable bonds is 5. The van der Waals surface area contributed by atoms with E-state index in [4.69, 9.17) is 9.84 Å². The van der Waals surface area contributed by atoms with Gasteiger partial charge in [-0.2, -0.15) is 0 Å². The molecule has 3 nitrogen and oxygen atoms in total. The van der Waals surface area contributed by atoms with E-state index >= 15 is 0 Å². The summed E-state index contributed by atoms with van der Waals surface area (Å²) in [6.07, 6.45) is 2.55. The summed E-state index contributed by atoms with van der Waals surface area (Å²) in [6, 6.07) is 11.7. The van der Waals surface area contributed by atoms with Crippen LogP contribution in [0.4, 0.5) is 0 Å². The molecule has 0 radical (unpaired) electrons. The maximum atomic E-state index is 11.8. The monoisotopic (exact) mass is 258 g/mol. The fourth-order valence-corrected chi connectivity index (χ4v) is 2.30. The highest BCUT2D eigenvalue weighted by Crippen LogP contribution is 2.33. The van der Waals surface area contributed by atoms with Crippen LogP contribution in [0.2, 0.25) is 0 Å². The molecule has 0 spiro atoms. The van der Waals surface area contributed by atoms with E-state index in [0.29, 0.717) is 5.56 Å². The SMILES string of the molecule is COC(=O)c1cc(CCCCO)c2cccccc1-2. The summed E-state index contributed by atoms with van der Waals surface area (Å²) in [5, 5.41) is 8.85. The van der Waals surface area contributed by atoms with Crippen molar-refractivity contribution < 1.29 is 14.6 Å². The molecule has 100 valence electrons. The minimum atomic E-state index is -0.301. The van der Waals surface area contributed by atoms with Gasteiger partial charge in [-0.05, 0) is 42.0 Å². The summed E-state index contributed by atoms with van der Waals surface area (Å²) in [6.45, 7) is 0.205. The molecule has 0 atom stereocenters. The molecule has 1 N–H and O–H groups in total. The molecule has 0 heterocycles. The summed E-state index contributed by atoms with van der Waals surface area (Å²) < 4.78 is 4.84. The number of esters is 1. The topological polar surface area (TPSA) is 46.5 Å². The molecule has 0 unspecified atom stereocenters. The highest BCUT2D eigenvalue weighted by molar-refractivity contribution is 6.00. The van der Waals surface area contributed by atoms with Gasteiger partial charge in [-0.3, -0.25) is 0 Å². The number of aryl methyl sites for hydroxylation is 1. The van der Waals surface area contributed by atoms with Gasteiger partial charge in [-0.15, -0.1) is 0 Å². The summed E-state index contributed by atoms with van der Waals surface area (Å²) in [5.74, 6) is -0.301. The summed E-state index contributed by atoms with van der Waals surface area (Å²) in [7, 11) is 1.40. The van der Waals surface area contributed by atoms with Gasteiger partial charge in [0.2, 0.25) is 0 Å². The third-order valence-corrected chi connectivity index (χ3v) is 3.25. The zero-order valence-electron chi connectivity index (χ0n) is 11.1. The van der Waals surface area contributed by atoms with Crippen molar-refractivity contribution in [1.82, 2.24) is 0 Å². The van der Waals surface area contributed by atoms with E-state index in [-0.39, 0.29) is 12.6 Å². The second-order valence-corrected chi connectivity index (χ2v) is 4.49. The van der Waals surface area contributed by atoms with Crippen molar-refractivity contribution in [2.45, 2.75) is 19.3 Å². The Morgan fingerprint density at radius 1 is 1.16 bits per heavy atom. The lowest BCUT2D eigenvalue weighted by molar-refractivity contribution is 0.0602. The largest absolute Gasteiger partial charge is 0.465 e. The molecule has 0 bridgehead atoms. The van der Waals surface area contributed by atoms with Crippen molar-refractivity contribution in [2.24, 2.45) is 0 Å². The highest BCUT2D eigenvalue weighted by Gasteiger charge is 2.19. The van der Waals surface area contributed by atoms with Crippen LogP contribution in [-0.4, -0.2) is 24.8 Å². The number of ether oxygens (including phenoxy) is 1. The van der Waals surface area contributed by atoms with Gasteiger partial charge >= 0.3 is 5.97 Å². The fourth-order valence-electron chi connectivity index (χ4n) is 2.30. The van der Waals surface area contributed by atoms with Gasteiger partial charge in [0.05, 0.1) is 12.7 Å². The number of hydrogen-bond acceptors (Lipinski definition) is 3. The molecule has 0 saturated heterocycles. The standard InChI is InChI=1S/C16H18O3/c1-19-16(18)15-11-12(7-5-6-10-17)13-8-3-2-4-9-14(13)15/h2-4,8-9,11,17H,5-7,10H2,1H3. The zero-order chi connectivity index (χ0) is 13.7. The molecule has 0 amide bonds. The van der Waals surface area contributed by atoms with Crippen LogP contribution in [0.5, 0.6) is 0 Å². The van der Waals surface area contributed by atoms with E-state index in [1.807, 2.05) is 36.4 Å². The minimum absolute atomic E-state index is 0.205. The Hall–Kier alpha value is -1.87. The van der Waals surface area contributed by atoms with Crippen molar-refractivity contribution in [3.8, 4) is 11.1 Å². The number of carbonyl (C=O) groups excluding carboxylic acids is 1. The van der Waals surface area contributed by atoms with E-state index in [9.17, 15) is 4.79 Å². The molecule has 2 aliphatic rings. The van der Waals surface area contributed by atoms with Crippen LogP contribution in [0.1, 0.15) is 28.8 Å².